The Bertz CT molecular complexity index is 1430. The number of halogens is 1. The number of H-pyrrole nitrogens is 1. The molecule has 0 saturated heterocycles. The number of aromatic amines is 1. The van der Waals surface area contributed by atoms with Crippen LogP contribution in [0.3, 0.4) is 0 Å². The van der Waals surface area contributed by atoms with Gasteiger partial charge >= 0.3 is 5.69 Å². The van der Waals surface area contributed by atoms with Crippen LogP contribution in [0.5, 0.6) is 0 Å². The molecule has 0 aliphatic rings. The van der Waals surface area contributed by atoms with Crippen molar-refractivity contribution in [2.45, 2.75) is 13.5 Å². The molecule has 9 heteroatoms. The van der Waals surface area contributed by atoms with Crippen LogP contribution in [0, 0.1) is 6.92 Å². The van der Waals surface area contributed by atoms with Crippen molar-refractivity contribution in [2.75, 3.05) is 5.43 Å². The molecule has 2 aromatic heterocycles. The molecule has 0 spiro atoms. The van der Waals surface area contributed by atoms with E-state index in [-0.39, 0.29) is 5.65 Å². The van der Waals surface area contributed by atoms with Gasteiger partial charge in [0.1, 0.15) is 0 Å². The fourth-order valence-electron chi connectivity index (χ4n) is 3.25. The van der Waals surface area contributed by atoms with Crippen LogP contribution >= 0.6 is 15.9 Å². The van der Waals surface area contributed by atoms with Crippen molar-refractivity contribution >= 4 is 45.3 Å². The lowest BCUT2D eigenvalue weighted by Gasteiger charge is -2.08. The number of hydrogen-bond donors (Lipinski definition) is 2. The number of benzene rings is 2. The Labute approximate surface area is 192 Å². The summed E-state index contributed by atoms with van der Waals surface area (Å²) in [4.78, 5) is 31.5. The number of aromatic nitrogens is 4. The molecule has 0 radical (unpaired) electrons. The number of anilines is 1. The molecule has 0 bridgehead atoms. The van der Waals surface area contributed by atoms with Gasteiger partial charge in [0.25, 0.3) is 5.56 Å². The summed E-state index contributed by atoms with van der Waals surface area (Å²) in [6.45, 7) is 2.40. The van der Waals surface area contributed by atoms with E-state index in [1.165, 1.54) is 4.57 Å². The highest BCUT2D eigenvalue weighted by Gasteiger charge is 2.17. The fraction of sp³-hybridized carbons (Fsp3) is 0.130. The van der Waals surface area contributed by atoms with Gasteiger partial charge in [0.2, 0.25) is 5.95 Å². The normalized spacial score (nSPS) is 12.0. The maximum absolute atomic E-state index is 12.6. The summed E-state index contributed by atoms with van der Waals surface area (Å²) in [6.07, 6.45) is 3.53. The van der Waals surface area contributed by atoms with Gasteiger partial charge in [0.15, 0.2) is 11.2 Å². The number of allylic oxidation sites excluding steroid dienone is 1. The number of nitrogens with one attached hydrogen (secondary N) is 2. The molecule has 4 rings (SSSR count). The fourth-order valence-corrected chi connectivity index (χ4v) is 3.61. The van der Waals surface area contributed by atoms with Gasteiger partial charge in [-0.1, -0.05) is 60.2 Å². The zero-order chi connectivity index (χ0) is 22.7. The third kappa shape index (κ3) is 4.62. The van der Waals surface area contributed by atoms with Gasteiger partial charge in [0.05, 0.1) is 12.8 Å². The zero-order valence-electron chi connectivity index (χ0n) is 17.5. The van der Waals surface area contributed by atoms with E-state index in [0.717, 1.165) is 21.2 Å². The number of hydrazone groups is 1. The largest absolute Gasteiger partial charge is 0.329 e. The number of nitrogens with zero attached hydrogens (tertiary/aromatic N) is 4. The minimum Gasteiger partial charge on any atom is -0.298 e. The number of hydrogen-bond acceptors (Lipinski definition) is 5. The third-order valence-corrected chi connectivity index (χ3v) is 5.36. The van der Waals surface area contributed by atoms with Crippen molar-refractivity contribution in [2.24, 2.45) is 12.1 Å². The molecule has 8 nitrogen and oxygen atoms in total. The van der Waals surface area contributed by atoms with Crippen molar-refractivity contribution < 1.29 is 0 Å². The summed E-state index contributed by atoms with van der Waals surface area (Å²) in [6, 6.07) is 17.8. The number of rotatable bonds is 6. The van der Waals surface area contributed by atoms with Crippen LogP contribution < -0.4 is 16.7 Å². The first-order chi connectivity index (χ1) is 15.4. The number of fused-ring (bicyclic) bond motifs is 1. The molecule has 0 aliphatic heterocycles. The molecule has 2 aromatic carbocycles. The van der Waals surface area contributed by atoms with E-state index < -0.39 is 11.2 Å². The van der Waals surface area contributed by atoms with Crippen LogP contribution in [-0.2, 0) is 13.6 Å². The van der Waals surface area contributed by atoms with Gasteiger partial charge in [0, 0.05) is 11.5 Å². The Balaban J connectivity index is 1.71. The first kappa shape index (κ1) is 21.5. The minimum atomic E-state index is -0.522. The van der Waals surface area contributed by atoms with Gasteiger partial charge in [-0.25, -0.2) is 10.2 Å². The minimum absolute atomic E-state index is 0.280. The second kappa shape index (κ2) is 9.19. The van der Waals surface area contributed by atoms with E-state index in [2.05, 4.69) is 36.4 Å². The lowest BCUT2D eigenvalue weighted by molar-refractivity contribution is 0.808. The Morgan fingerprint density at radius 1 is 1.16 bits per heavy atom. The van der Waals surface area contributed by atoms with Crippen LogP contribution in [-0.4, -0.2) is 25.3 Å². The molecule has 4 aromatic rings. The average molecular weight is 493 g/mol. The van der Waals surface area contributed by atoms with Gasteiger partial charge < -0.3 is 0 Å². The van der Waals surface area contributed by atoms with Gasteiger partial charge in [-0.15, -0.1) is 0 Å². The van der Waals surface area contributed by atoms with E-state index in [1.54, 1.807) is 17.8 Å². The first-order valence-corrected chi connectivity index (χ1v) is 10.7. The van der Waals surface area contributed by atoms with E-state index in [0.29, 0.717) is 18.0 Å². The molecule has 0 saturated carbocycles. The summed E-state index contributed by atoms with van der Waals surface area (Å²) in [5.41, 5.74) is 5.62. The molecule has 2 heterocycles. The lowest BCUT2D eigenvalue weighted by atomic mass is 10.1. The highest BCUT2D eigenvalue weighted by molar-refractivity contribution is 9.12. The summed E-state index contributed by atoms with van der Waals surface area (Å²) in [7, 11) is 1.57. The molecule has 0 amide bonds. The van der Waals surface area contributed by atoms with Gasteiger partial charge in [-0.05, 0) is 40.1 Å². The quantitative estimate of drug-likeness (QED) is 0.317. The zero-order valence-corrected chi connectivity index (χ0v) is 19.1. The number of aryl methyl sites for hydroxylation is 2. The highest BCUT2D eigenvalue weighted by Crippen LogP contribution is 2.18. The predicted octanol–water partition coefficient (Wildman–Crippen LogP) is 3.61. The Morgan fingerprint density at radius 2 is 1.88 bits per heavy atom. The molecule has 0 unspecified atom stereocenters. The third-order valence-electron chi connectivity index (χ3n) is 4.92. The second-order valence-corrected chi connectivity index (χ2v) is 8.22. The van der Waals surface area contributed by atoms with Crippen LogP contribution in [0.2, 0.25) is 0 Å². The lowest BCUT2D eigenvalue weighted by Crippen LogP contribution is -2.29. The van der Waals surface area contributed by atoms with E-state index in [1.807, 2.05) is 67.6 Å². The number of imidazole rings is 1. The molecular weight excluding hydrogens is 472 g/mol. The maximum Gasteiger partial charge on any atom is 0.329 e. The van der Waals surface area contributed by atoms with Crippen LogP contribution in [0.25, 0.3) is 17.2 Å². The maximum atomic E-state index is 12.6. The van der Waals surface area contributed by atoms with Crippen LogP contribution in [0.4, 0.5) is 5.95 Å². The van der Waals surface area contributed by atoms with Crippen molar-refractivity contribution in [1.82, 2.24) is 19.1 Å². The molecule has 2 N–H and O–H groups in total. The summed E-state index contributed by atoms with van der Waals surface area (Å²) in [5.74, 6) is 0.350. The summed E-state index contributed by atoms with van der Waals surface area (Å²) >= 11 is 3.48. The standard InChI is InChI=1S/C23H21BrN6O2/c1-15-8-10-17(11-9-15)14-30-19-20(29(2)23(32)27-21(19)31)26-22(30)28-25-13-18(24)12-16-6-4-3-5-7-16/h3-13H,14H2,1-2H3,(H,26,28)(H,27,31,32)/b18-12-,25-13-. The van der Waals surface area contributed by atoms with E-state index in [9.17, 15) is 9.59 Å². The molecule has 0 aliphatic carbocycles. The molecule has 162 valence electrons. The molecule has 0 fully saturated rings. The summed E-state index contributed by atoms with van der Waals surface area (Å²) in [5, 5.41) is 4.26. The Kier molecular flexibility index (Phi) is 6.18. The average Bonchev–Trinajstić information content (AvgIpc) is 3.13. The molecule has 32 heavy (non-hydrogen) atoms. The van der Waals surface area contributed by atoms with Crippen molar-refractivity contribution in [1.29, 1.82) is 0 Å². The van der Waals surface area contributed by atoms with Crippen LogP contribution in [0.1, 0.15) is 16.7 Å². The second-order valence-electron chi connectivity index (χ2n) is 7.31. The smallest absolute Gasteiger partial charge is 0.298 e. The van der Waals surface area contributed by atoms with Crippen molar-refractivity contribution in [3.8, 4) is 0 Å². The monoisotopic (exact) mass is 492 g/mol. The highest BCUT2D eigenvalue weighted by atomic mass is 79.9. The Morgan fingerprint density at radius 3 is 2.59 bits per heavy atom. The van der Waals surface area contributed by atoms with Gasteiger partial charge in [-0.3, -0.25) is 18.9 Å². The predicted molar refractivity (Wildman–Crippen MR) is 131 cm³/mol. The van der Waals surface area contributed by atoms with Crippen molar-refractivity contribution in [3.05, 3.63) is 96.6 Å². The van der Waals surface area contributed by atoms with Crippen molar-refractivity contribution in [3.63, 3.8) is 0 Å². The SMILES string of the molecule is Cc1ccc(Cn2c(N/N=C\C(Br)=C\c3ccccc3)nc3c2c(=O)[nH]c(=O)n3C)cc1. The van der Waals surface area contributed by atoms with Crippen LogP contribution in [0.15, 0.2) is 73.8 Å². The summed E-state index contributed by atoms with van der Waals surface area (Å²) < 4.78 is 3.77. The first-order valence-electron chi connectivity index (χ1n) is 9.89. The Hall–Kier alpha value is -3.72. The molecule has 0 atom stereocenters. The van der Waals surface area contributed by atoms with E-state index >= 15 is 0 Å². The topological polar surface area (TPSA) is 97.1 Å². The van der Waals surface area contributed by atoms with E-state index in [4.69, 9.17) is 0 Å². The molecular formula is C23H21BrN6O2. The van der Waals surface area contributed by atoms with Gasteiger partial charge in [-0.2, -0.15) is 10.1 Å².